The highest BCUT2D eigenvalue weighted by atomic mass is 32.1. The van der Waals surface area contributed by atoms with E-state index in [1.54, 1.807) is 11.6 Å². The predicted octanol–water partition coefficient (Wildman–Crippen LogP) is 3.30. The number of nitrogens with zero attached hydrogens (tertiary/aromatic N) is 4. The van der Waals surface area contributed by atoms with Crippen molar-refractivity contribution >= 4 is 28.0 Å². The number of rotatable bonds is 5. The van der Waals surface area contributed by atoms with Crippen molar-refractivity contribution in [3.8, 4) is 5.88 Å². The molecule has 2 aromatic heterocycles. The van der Waals surface area contributed by atoms with Crippen LogP contribution < -0.4 is 10.1 Å². The van der Waals surface area contributed by atoms with E-state index in [-0.39, 0.29) is 23.5 Å². The molecule has 8 nitrogen and oxygen atoms in total. The fourth-order valence-corrected chi connectivity index (χ4v) is 2.96. The average Bonchev–Trinajstić information content (AvgIpc) is 3.01. The Hall–Kier alpha value is -2.29. The Morgan fingerprint density at radius 1 is 1.27 bits per heavy atom. The number of anilines is 2. The molecule has 0 saturated heterocycles. The number of aromatic nitrogens is 3. The third kappa shape index (κ3) is 3.30. The second-order valence-electron chi connectivity index (χ2n) is 4.97. The topological polar surface area (TPSA) is 103 Å². The van der Waals surface area contributed by atoms with E-state index >= 15 is 0 Å². The van der Waals surface area contributed by atoms with Gasteiger partial charge in [0.1, 0.15) is 12.4 Å². The maximum Gasteiger partial charge on any atom is 0.373 e. The van der Waals surface area contributed by atoms with Crippen molar-refractivity contribution in [3.63, 3.8) is 0 Å². The number of hydrogen-bond acceptors (Lipinski definition) is 8. The zero-order valence-corrected chi connectivity index (χ0v) is 12.6. The van der Waals surface area contributed by atoms with Gasteiger partial charge in [0.25, 0.3) is 5.88 Å². The highest BCUT2D eigenvalue weighted by Gasteiger charge is 2.27. The van der Waals surface area contributed by atoms with Gasteiger partial charge in [0, 0.05) is 11.6 Å². The van der Waals surface area contributed by atoms with Crippen molar-refractivity contribution in [2.45, 2.75) is 38.2 Å². The van der Waals surface area contributed by atoms with Crippen LogP contribution in [0.5, 0.6) is 5.88 Å². The van der Waals surface area contributed by atoms with Gasteiger partial charge in [-0.3, -0.25) is 10.1 Å². The number of thiazole rings is 1. The molecule has 116 valence electrons. The second-order valence-corrected chi connectivity index (χ2v) is 5.87. The van der Waals surface area contributed by atoms with Gasteiger partial charge in [-0.25, -0.2) is 9.97 Å². The third-order valence-electron chi connectivity index (χ3n) is 3.46. The van der Waals surface area contributed by atoms with Gasteiger partial charge >= 0.3 is 5.69 Å². The van der Waals surface area contributed by atoms with Crippen LogP contribution in [0.1, 0.15) is 32.1 Å². The first-order valence-electron chi connectivity index (χ1n) is 7.06. The Bertz CT molecular complexity index is 643. The van der Waals surface area contributed by atoms with Gasteiger partial charge in [0.2, 0.25) is 5.82 Å². The Morgan fingerprint density at radius 3 is 2.77 bits per heavy atom. The highest BCUT2D eigenvalue weighted by Crippen LogP contribution is 2.35. The number of ether oxygens (including phenoxy) is 1. The van der Waals surface area contributed by atoms with E-state index in [4.69, 9.17) is 4.74 Å². The molecule has 1 saturated carbocycles. The van der Waals surface area contributed by atoms with Crippen molar-refractivity contribution in [2.24, 2.45) is 0 Å². The molecule has 1 fully saturated rings. The summed E-state index contributed by atoms with van der Waals surface area (Å²) >= 11 is 1.33. The molecule has 22 heavy (non-hydrogen) atoms. The number of nitro groups is 1. The van der Waals surface area contributed by atoms with E-state index in [0.29, 0.717) is 5.13 Å². The SMILES string of the molecule is O=[N+]([O-])c1c(Nc2nccs2)ncnc1OC1CCCCC1. The maximum atomic E-state index is 11.4. The predicted molar refractivity (Wildman–Crippen MR) is 81.6 cm³/mol. The summed E-state index contributed by atoms with van der Waals surface area (Å²) in [4.78, 5) is 22.8. The van der Waals surface area contributed by atoms with Crippen molar-refractivity contribution in [3.05, 3.63) is 28.0 Å². The fourth-order valence-electron chi connectivity index (χ4n) is 2.43. The van der Waals surface area contributed by atoms with Crippen LogP contribution in [0.15, 0.2) is 17.9 Å². The second kappa shape index (κ2) is 6.65. The van der Waals surface area contributed by atoms with Crippen LogP contribution in [0.3, 0.4) is 0 Å². The van der Waals surface area contributed by atoms with Crippen molar-refractivity contribution in [1.82, 2.24) is 15.0 Å². The smallest absolute Gasteiger partial charge is 0.373 e. The Labute approximate surface area is 130 Å². The molecule has 2 heterocycles. The lowest BCUT2D eigenvalue weighted by atomic mass is 9.98. The zero-order valence-electron chi connectivity index (χ0n) is 11.8. The van der Waals surface area contributed by atoms with Crippen LogP contribution in [0, 0.1) is 10.1 Å². The largest absolute Gasteiger partial charge is 0.469 e. The van der Waals surface area contributed by atoms with Crippen molar-refractivity contribution in [1.29, 1.82) is 0 Å². The first-order chi connectivity index (χ1) is 10.7. The molecule has 1 aliphatic carbocycles. The quantitative estimate of drug-likeness (QED) is 0.665. The standard InChI is InChI=1S/C13H15N5O3S/c19-18(20)10-11(17-13-14-6-7-22-13)15-8-16-12(10)21-9-4-2-1-3-5-9/h6-9H,1-5H2,(H,14,15,16,17). The summed E-state index contributed by atoms with van der Waals surface area (Å²) in [7, 11) is 0. The molecule has 3 rings (SSSR count). The molecule has 0 amide bonds. The van der Waals surface area contributed by atoms with Gasteiger partial charge in [0.15, 0.2) is 5.13 Å². The summed E-state index contributed by atoms with van der Waals surface area (Å²) in [5.74, 6) is 0.117. The number of nitrogens with one attached hydrogen (secondary N) is 1. The van der Waals surface area contributed by atoms with E-state index in [0.717, 1.165) is 25.7 Å². The van der Waals surface area contributed by atoms with Crippen LogP contribution in [0.4, 0.5) is 16.6 Å². The first-order valence-corrected chi connectivity index (χ1v) is 7.94. The summed E-state index contributed by atoms with van der Waals surface area (Å²) < 4.78 is 5.76. The molecule has 0 radical (unpaired) electrons. The van der Waals surface area contributed by atoms with E-state index in [1.807, 2.05) is 0 Å². The molecule has 1 aliphatic rings. The van der Waals surface area contributed by atoms with Crippen LogP contribution >= 0.6 is 11.3 Å². The van der Waals surface area contributed by atoms with Crippen LogP contribution in [0.25, 0.3) is 0 Å². The van der Waals surface area contributed by atoms with Crippen LogP contribution in [-0.2, 0) is 0 Å². The van der Waals surface area contributed by atoms with Crippen molar-refractivity contribution in [2.75, 3.05) is 5.32 Å². The highest BCUT2D eigenvalue weighted by molar-refractivity contribution is 7.13. The Kier molecular flexibility index (Phi) is 4.42. The van der Waals surface area contributed by atoms with Gasteiger partial charge in [-0.1, -0.05) is 6.42 Å². The minimum absolute atomic E-state index is 0.0185. The lowest BCUT2D eigenvalue weighted by Crippen LogP contribution is -2.21. The molecule has 0 aromatic carbocycles. The van der Waals surface area contributed by atoms with Crippen molar-refractivity contribution < 1.29 is 9.66 Å². The summed E-state index contributed by atoms with van der Waals surface area (Å²) in [6.45, 7) is 0. The van der Waals surface area contributed by atoms with E-state index in [2.05, 4.69) is 20.3 Å². The molecule has 9 heteroatoms. The van der Waals surface area contributed by atoms with Gasteiger partial charge < -0.3 is 10.1 Å². The molecular weight excluding hydrogens is 306 g/mol. The molecular formula is C13H15N5O3S. The van der Waals surface area contributed by atoms with Gasteiger partial charge in [-0.15, -0.1) is 11.3 Å². The lowest BCUT2D eigenvalue weighted by molar-refractivity contribution is -0.385. The minimum Gasteiger partial charge on any atom is -0.469 e. The average molecular weight is 321 g/mol. The minimum atomic E-state index is -0.520. The van der Waals surface area contributed by atoms with Gasteiger partial charge in [0.05, 0.1) is 4.92 Å². The summed E-state index contributed by atoms with van der Waals surface area (Å²) in [6.07, 6.45) is 7.99. The van der Waals surface area contributed by atoms with E-state index in [1.165, 1.54) is 24.1 Å². The summed E-state index contributed by atoms with van der Waals surface area (Å²) in [5, 5.41) is 16.6. The third-order valence-corrected chi connectivity index (χ3v) is 4.15. The zero-order chi connectivity index (χ0) is 15.4. The number of hydrogen-bond donors (Lipinski definition) is 1. The summed E-state index contributed by atoms with van der Waals surface area (Å²) in [5.41, 5.74) is -0.247. The molecule has 1 N–H and O–H groups in total. The van der Waals surface area contributed by atoms with Crippen LogP contribution in [-0.4, -0.2) is 26.0 Å². The fraction of sp³-hybridized carbons (Fsp3) is 0.462. The van der Waals surface area contributed by atoms with Crippen LogP contribution in [0.2, 0.25) is 0 Å². The summed E-state index contributed by atoms with van der Waals surface area (Å²) in [6, 6.07) is 0. The van der Waals surface area contributed by atoms with E-state index in [9.17, 15) is 10.1 Å². The van der Waals surface area contributed by atoms with E-state index < -0.39 is 4.92 Å². The Morgan fingerprint density at radius 2 is 2.09 bits per heavy atom. The van der Waals surface area contributed by atoms with Gasteiger partial charge in [-0.05, 0) is 25.7 Å². The first kappa shape index (κ1) is 14.6. The normalized spacial score (nSPS) is 15.5. The maximum absolute atomic E-state index is 11.4. The Balaban J connectivity index is 1.86. The lowest BCUT2D eigenvalue weighted by Gasteiger charge is -2.22. The molecule has 0 spiro atoms. The molecule has 2 aromatic rings. The molecule has 0 unspecified atom stereocenters. The monoisotopic (exact) mass is 321 g/mol. The van der Waals surface area contributed by atoms with Gasteiger partial charge in [-0.2, -0.15) is 4.98 Å². The molecule has 0 aliphatic heterocycles. The molecule has 0 bridgehead atoms. The molecule has 0 atom stereocenters.